The van der Waals surface area contributed by atoms with Crippen molar-refractivity contribution in [1.29, 1.82) is 0 Å². The van der Waals surface area contributed by atoms with Gasteiger partial charge in [-0.3, -0.25) is 0 Å². The highest BCUT2D eigenvalue weighted by Crippen LogP contribution is 2.33. The Bertz CT molecular complexity index is 468. The molecule has 1 aromatic carbocycles. The average molecular weight is 290 g/mol. The van der Waals surface area contributed by atoms with Crippen molar-refractivity contribution in [3.63, 3.8) is 0 Å². The number of hydrogen-bond acceptors (Lipinski definition) is 2. The largest absolute Gasteiger partial charge is 0.382 e. The van der Waals surface area contributed by atoms with Gasteiger partial charge in [-0.15, -0.1) is 0 Å². The summed E-state index contributed by atoms with van der Waals surface area (Å²) in [4.78, 5) is 0. The van der Waals surface area contributed by atoms with Crippen molar-refractivity contribution in [3.8, 4) is 0 Å². The van der Waals surface area contributed by atoms with Crippen molar-refractivity contribution >= 4 is 5.69 Å². The van der Waals surface area contributed by atoms with Gasteiger partial charge in [0, 0.05) is 17.8 Å². The number of anilines is 1. The summed E-state index contributed by atoms with van der Waals surface area (Å²) in [6.07, 6.45) is 9.19. The first-order chi connectivity index (χ1) is 10.2. The quantitative estimate of drug-likeness (QED) is 0.869. The fourth-order valence-electron chi connectivity index (χ4n) is 4.05. The molecule has 0 radical (unpaired) electrons. The molecule has 3 heteroatoms. The highest BCUT2D eigenvalue weighted by atomic mass is 19.1. The van der Waals surface area contributed by atoms with Crippen molar-refractivity contribution in [2.45, 2.75) is 64.0 Å². The maximum absolute atomic E-state index is 13.3. The molecule has 1 aromatic rings. The van der Waals surface area contributed by atoms with Crippen LogP contribution in [0.1, 0.15) is 50.5 Å². The molecule has 0 amide bonds. The van der Waals surface area contributed by atoms with Crippen LogP contribution in [0.2, 0.25) is 0 Å². The van der Waals surface area contributed by atoms with Crippen molar-refractivity contribution in [3.05, 3.63) is 29.6 Å². The molecule has 2 aliphatic rings. The Balaban J connectivity index is 1.71. The molecule has 2 nitrogen and oxygen atoms in total. The Hall–Kier alpha value is -1.09. The third-order valence-electron chi connectivity index (χ3n) is 5.21. The minimum atomic E-state index is -0.146. The predicted octanol–water partition coefficient (Wildman–Crippen LogP) is 4.25. The van der Waals surface area contributed by atoms with E-state index in [1.54, 1.807) is 12.1 Å². The maximum atomic E-state index is 13.3. The van der Waals surface area contributed by atoms with E-state index in [9.17, 15) is 4.39 Å². The Morgan fingerprint density at radius 2 is 1.90 bits per heavy atom. The van der Waals surface area contributed by atoms with Gasteiger partial charge in [-0.25, -0.2) is 4.39 Å². The lowest BCUT2D eigenvalue weighted by atomic mass is 9.77. The lowest BCUT2D eigenvalue weighted by Crippen LogP contribution is -2.48. The van der Waals surface area contributed by atoms with Crippen LogP contribution in [0.25, 0.3) is 0 Å². The van der Waals surface area contributed by atoms with Gasteiger partial charge in [0.25, 0.3) is 0 Å². The van der Waals surface area contributed by atoms with Gasteiger partial charge < -0.3 is 10.6 Å². The molecule has 2 fully saturated rings. The van der Waals surface area contributed by atoms with E-state index in [4.69, 9.17) is 0 Å². The van der Waals surface area contributed by atoms with Crippen molar-refractivity contribution in [2.75, 3.05) is 11.9 Å². The molecule has 1 aliphatic heterocycles. The zero-order valence-electron chi connectivity index (χ0n) is 13.0. The standard InChI is InChI=1S/C18H27FN2/c1-13-12-14(19)9-10-16(13)21-18-8-3-2-6-15(18)17-7-4-5-11-20-17/h9-10,12,15,17-18,20-21H,2-8,11H2,1H3. The molecule has 3 atom stereocenters. The van der Waals surface area contributed by atoms with Crippen LogP contribution in [0.4, 0.5) is 10.1 Å². The number of nitrogens with one attached hydrogen (secondary N) is 2. The Morgan fingerprint density at radius 3 is 2.67 bits per heavy atom. The Kier molecular flexibility index (Phi) is 4.79. The Labute approximate surface area is 127 Å². The Morgan fingerprint density at radius 1 is 1.10 bits per heavy atom. The van der Waals surface area contributed by atoms with Gasteiger partial charge in [0.05, 0.1) is 0 Å². The number of halogens is 1. The number of piperidine rings is 1. The fraction of sp³-hybridized carbons (Fsp3) is 0.667. The number of rotatable bonds is 3. The molecule has 2 N–H and O–H groups in total. The molecule has 3 unspecified atom stereocenters. The van der Waals surface area contributed by atoms with Crippen molar-refractivity contribution in [2.24, 2.45) is 5.92 Å². The average Bonchev–Trinajstić information content (AvgIpc) is 2.51. The summed E-state index contributed by atoms with van der Waals surface area (Å²) in [5.74, 6) is 0.565. The van der Waals surface area contributed by atoms with Gasteiger partial charge >= 0.3 is 0 Å². The van der Waals surface area contributed by atoms with Crippen LogP contribution in [0, 0.1) is 18.7 Å². The van der Waals surface area contributed by atoms with Crippen molar-refractivity contribution < 1.29 is 4.39 Å². The predicted molar refractivity (Wildman–Crippen MR) is 86.1 cm³/mol. The molecule has 0 bridgehead atoms. The van der Waals surface area contributed by atoms with E-state index in [0.29, 0.717) is 18.0 Å². The molecule has 1 aliphatic carbocycles. The van der Waals surface area contributed by atoms with Crippen LogP contribution in [0.3, 0.4) is 0 Å². The van der Waals surface area contributed by atoms with Gasteiger partial charge in [0.1, 0.15) is 5.82 Å². The first-order valence-corrected chi connectivity index (χ1v) is 8.50. The highest BCUT2D eigenvalue weighted by molar-refractivity contribution is 5.51. The van der Waals surface area contributed by atoms with E-state index in [-0.39, 0.29) is 5.82 Å². The second kappa shape index (κ2) is 6.78. The summed E-state index contributed by atoms with van der Waals surface area (Å²) in [6, 6.07) is 6.27. The molecule has 1 saturated heterocycles. The topological polar surface area (TPSA) is 24.1 Å². The highest BCUT2D eigenvalue weighted by Gasteiger charge is 2.32. The van der Waals surface area contributed by atoms with Gasteiger partial charge in [-0.05, 0) is 68.8 Å². The summed E-state index contributed by atoms with van der Waals surface area (Å²) in [5.41, 5.74) is 2.11. The minimum Gasteiger partial charge on any atom is -0.382 e. The monoisotopic (exact) mass is 290 g/mol. The van der Waals surface area contributed by atoms with Gasteiger partial charge in [-0.1, -0.05) is 19.3 Å². The molecule has 21 heavy (non-hydrogen) atoms. The molecule has 3 rings (SSSR count). The number of aryl methyl sites for hydroxylation is 1. The van der Waals surface area contributed by atoms with E-state index in [0.717, 1.165) is 11.3 Å². The second-order valence-electron chi connectivity index (χ2n) is 6.71. The molecule has 1 saturated carbocycles. The first kappa shape index (κ1) is 14.8. The molecule has 1 heterocycles. The normalized spacial score (nSPS) is 30.1. The summed E-state index contributed by atoms with van der Waals surface area (Å²) in [5, 5.41) is 7.45. The van der Waals surface area contributed by atoms with E-state index in [2.05, 4.69) is 10.6 Å². The summed E-state index contributed by atoms with van der Waals surface area (Å²) in [6.45, 7) is 3.16. The summed E-state index contributed by atoms with van der Waals surface area (Å²) < 4.78 is 13.3. The van der Waals surface area contributed by atoms with Crippen LogP contribution in [-0.2, 0) is 0 Å². The third-order valence-corrected chi connectivity index (χ3v) is 5.21. The van der Waals surface area contributed by atoms with E-state index in [1.165, 1.54) is 51.5 Å². The molecule has 0 spiro atoms. The minimum absolute atomic E-state index is 0.146. The lowest BCUT2D eigenvalue weighted by Gasteiger charge is -2.40. The molecular formula is C18H27FN2. The van der Waals surface area contributed by atoms with Gasteiger partial charge in [0.2, 0.25) is 0 Å². The van der Waals surface area contributed by atoms with Crippen LogP contribution in [-0.4, -0.2) is 18.6 Å². The second-order valence-corrected chi connectivity index (χ2v) is 6.71. The molecular weight excluding hydrogens is 263 g/mol. The fourth-order valence-corrected chi connectivity index (χ4v) is 4.05. The van der Waals surface area contributed by atoms with Crippen LogP contribution < -0.4 is 10.6 Å². The summed E-state index contributed by atoms with van der Waals surface area (Å²) >= 11 is 0. The smallest absolute Gasteiger partial charge is 0.123 e. The maximum Gasteiger partial charge on any atom is 0.123 e. The number of benzene rings is 1. The zero-order valence-corrected chi connectivity index (χ0v) is 13.0. The van der Waals surface area contributed by atoms with E-state index < -0.39 is 0 Å². The van der Waals surface area contributed by atoms with Crippen molar-refractivity contribution in [1.82, 2.24) is 5.32 Å². The first-order valence-electron chi connectivity index (χ1n) is 8.50. The lowest BCUT2D eigenvalue weighted by molar-refractivity contribution is 0.217. The van der Waals surface area contributed by atoms with Crippen LogP contribution >= 0.6 is 0 Å². The van der Waals surface area contributed by atoms with Gasteiger partial charge in [-0.2, -0.15) is 0 Å². The summed E-state index contributed by atoms with van der Waals surface area (Å²) in [7, 11) is 0. The van der Waals surface area contributed by atoms with Gasteiger partial charge in [0.15, 0.2) is 0 Å². The van der Waals surface area contributed by atoms with E-state index >= 15 is 0 Å². The SMILES string of the molecule is Cc1cc(F)ccc1NC1CCCCC1C1CCCCN1. The van der Waals surface area contributed by atoms with E-state index in [1.807, 2.05) is 13.0 Å². The molecule has 116 valence electrons. The third kappa shape index (κ3) is 3.57. The molecule has 0 aromatic heterocycles. The van der Waals surface area contributed by atoms with Crippen LogP contribution in [0.5, 0.6) is 0 Å². The zero-order chi connectivity index (χ0) is 14.7. The number of hydrogen-bond donors (Lipinski definition) is 2. The van der Waals surface area contributed by atoms with Crippen LogP contribution in [0.15, 0.2) is 18.2 Å².